The monoisotopic (exact) mass is 1420 g/mol. The Morgan fingerprint density at radius 2 is 0.624 bits per heavy atom. The first-order valence-corrected chi connectivity index (χ1v) is 31.9. The van der Waals surface area contributed by atoms with Gasteiger partial charge in [0, 0.05) is 81.7 Å². The minimum Gasteiger partial charge on any atom is -0.744 e. The Balaban J connectivity index is 0.00000354. The van der Waals surface area contributed by atoms with E-state index in [0.717, 1.165) is 48.6 Å². The molecule has 2 aromatic heterocycles. The first-order valence-electron chi connectivity index (χ1n) is 26.2. The van der Waals surface area contributed by atoms with E-state index in [1.54, 1.807) is 4.90 Å². The standard InChI is InChI=1S/C40H44N12O16S4.C6H15NO3.C4H11NO2.4Na/c53-19-15-51(16-20-54)39-47-35(41-27-7-11-31(12-8-27)69(57,58)59)45-37(49-39)43-29-5-3-25(33(23-29)71(63,64)65)1-2-26-4-6-30(24-34(26)72(66,67)68)44-38-46-36(48-40(50-38)52(17-21-55)18-22-56)42-28-9-13-32(14-10-28)70(60,61)62;8-4-1-7(2-5-9)3-6-10;6-3-1-5-2-4-7;;;;/h1-14,23-24,53-56H,15-22H2,(H,57,58,59)(H,60,61,62)(H,63,64,65)(H,66,67,68)(H2,41,43,45,47,49)(H2,42,44,46,48,50);8-10H,1-6H2;5-7H,1-4H2;;;;/q;;;4*+1/p-4/b2-1+;;;;;;. The molecule has 0 atom stereocenters. The molecule has 2 heterocycles. The van der Waals surface area contributed by atoms with Crippen LogP contribution in [0.1, 0.15) is 11.1 Å². The Hall–Kier alpha value is -3.36. The summed E-state index contributed by atoms with van der Waals surface area (Å²) in [4.78, 5) is 27.5. The molecule has 43 heteroatoms. The third-order valence-corrected chi connectivity index (χ3v) is 14.9. The number of rotatable bonds is 34. The van der Waals surface area contributed by atoms with Crippen molar-refractivity contribution in [1.82, 2.24) is 40.1 Å². The quantitative estimate of drug-likeness (QED) is 0.00772. The second-order valence-corrected chi connectivity index (χ2v) is 23.3. The zero-order valence-electron chi connectivity index (χ0n) is 51.0. The number of aliphatic hydroxyl groups excluding tert-OH is 9. The summed E-state index contributed by atoms with van der Waals surface area (Å²) in [5, 5.41) is 94.2. The molecule has 0 bridgehead atoms. The number of nitrogens with one attached hydrogen (secondary N) is 5. The number of anilines is 10. The van der Waals surface area contributed by atoms with Crippen molar-refractivity contribution in [1.29, 1.82) is 0 Å². The van der Waals surface area contributed by atoms with Crippen molar-refractivity contribution in [3.63, 3.8) is 0 Å². The third kappa shape index (κ3) is 31.8. The largest absolute Gasteiger partial charge is 1.00 e. The number of hydrogen-bond donors (Lipinski definition) is 14. The van der Waals surface area contributed by atoms with Gasteiger partial charge in [-0.15, -0.1) is 0 Å². The van der Waals surface area contributed by atoms with Gasteiger partial charge < -0.3 is 101 Å². The molecule has 4 aromatic carbocycles. The number of aromatic nitrogens is 6. The smallest absolute Gasteiger partial charge is 0.744 e. The van der Waals surface area contributed by atoms with Crippen LogP contribution in [0.15, 0.2) is 105 Å². The number of benzene rings is 4. The van der Waals surface area contributed by atoms with Crippen molar-refractivity contribution in [2.24, 2.45) is 0 Å². The van der Waals surface area contributed by atoms with Crippen LogP contribution in [-0.2, 0) is 40.5 Å². The molecule has 6 aromatic rings. The maximum absolute atomic E-state index is 12.6. The van der Waals surface area contributed by atoms with Crippen LogP contribution in [-0.4, -0.2) is 251 Å². The number of nitrogens with zero attached hydrogens (tertiary/aromatic N) is 9. The molecule has 0 spiro atoms. The summed E-state index contributed by atoms with van der Waals surface area (Å²) in [6.07, 6.45) is 2.12. The van der Waals surface area contributed by atoms with Crippen molar-refractivity contribution in [2.45, 2.75) is 19.6 Å². The van der Waals surface area contributed by atoms with E-state index in [0.29, 0.717) is 32.7 Å². The van der Waals surface area contributed by atoms with E-state index in [1.165, 1.54) is 58.3 Å². The van der Waals surface area contributed by atoms with Gasteiger partial charge in [-0.2, -0.15) is 29.9 Å². The van der Waals surface area contributed by atoms with Crippen molar-refractivity contribution < 1.29 is 216 Å². The minimum absolute atomic E-state index is 0. The van der Waals surface area contributed by atoms with Gasteiger partial charge in [0.1, 0.15) is 40.5 Å². The maximum Gasteiger partial charge on any atom is 1.00 e. The van der Waals surface area contributed by atoms with Crippen LogP contribution in [0.25, 0.3) is 12.2 Å². The van der Waals surface area contributed by atoms with Gasteiger partial charge in [0.25, 0.3) is 0 Å². The molecule has 35 nitrogen and oxygen atoms in total. The molecule has 0 fully saturated rings. The van der Waals surface area contributed by atoms with Crippen LogP contribution in [0.2, 0.25) is 0 Å². The van der Waals surface area contributed by atoms with Gasteiger partial charge in [-0.1, -0.05) is 24.3 Å². The molecule has 490 valence electrons. The Bertz CT molecular complexity index is 3450. The summed E-state index contributed by atoms with van der Waals surface area (Å²) >= 11 is 0. The van der Waals surface area contributed by atoms with E-state index in [1.807, 2.05) is 0 Å². The van der Waals surface area contributed by atoms with E-state index in [-0.39, 0.29) is 247 Å². The van der Waals surface area contributed by atoms with Crippen LogP contribution in [0, 0.1) is 0 Å². The Morgan fingerprint density at radius 1 is 0.355 bits per heavy atom. The van der Waals surface area contributed by atoms with Crippen LogP contribution in [0.3, 0.4) is 0 Å². The van der Waals surface area contributed by atoms with Gasteiger partial charge in [0.15, 0.2) is 0 Å². The molecular weight excluding hydrogens is 1350 g/mol. The average molecular weight is 1420 g/mol. The van der Waals surface area contributed by atoms with Crippen molar-refractivity contribution in [3.05, 3.63) is 96.1 Å². The predicted molar refractivity (Wildman–Crippen MR) is 317 cm³/mol. The average Bonchev–Trinajstić information content (AvgIpc) is 0.847. The number of aliphatic hydroxyl groups is 9. The van der Waals surface area contributed by atoms with E-state index < -0.39 is 86.5 Å². The van der Waals surface area contributed by atoms with E-state index >= 15 is 0 Å². The zero-order valence-corrected chi connectivity index (χ0v) is 62.3. The van der Waals surface area contributed by atoms with Crippen molar-refractivity contribution in [2.75, 3.05) is 149 Å². The minimum atomic E-state index is -5.30. The van der Waals surface area contributed by atoms with Gasteiger partial charge in [-0.05, 0) is 83.9 Å². The molecule has 0 saturated carbocycles. The predicted octanol–water partition coefficient (Wildman–Crippen LogP) is -14.8. The topological polar surface area (TPSA) is 558 Å². The second kappa shape index (κ2) is 45.3. The van der Waals surface area contributed by atoms with Gasteiger partial charge >= 0.3 is 118 Å². The molecule has 0 amide bonds. The van der Waals surface area contributed by atoms with Crippen molar-refractivity contribution >= 4 is 111 Å². The van der Waals surface area contributed by atoms with Crippen LogP contribution in [0.5, 0.6) is 0 Å². The Morgan fingerprint density at radius 3 is 0.871 bits per heavy atom. The summed E-state index contributed by atoms with van der Waals surface area (Å²) in [6.45, 7) is 1.33. The van der Waals surface area contributed by atoms with Gasteiger partial charge in [0.05, 0.1) is 79.0 Å². The summed E-state index contributed by atoms with van der Waals surface area (Å²) in [6, 6.07) is 15.9. The maximum atomic E-state index is 12.6. The molecule has 0 aliphatic rings. The van der Waals surface area contributed by atoms with Crippen LogP contribution in [0.4, 0.5) is 58.4 Å². The van der Waals surface area contributed by atoms with Crippen LogP contribution < -0.4 is 155 Å². The Labute approximate surface area is 625 Å². The normalized spacial score (nSPS) is 11.3. The van der Waals surface area contributed by atoms with Gasteiger partial charge in [-0.3, -0.25) is 4.90 Å². The molecule has 6 rings (SSSR count). The molecule has 0 radical (unpaired) electrons. The number of hydrogen-bond acceptors (Lipinski definition) is 35. The van der Waals surface area contributed by atoms with E-state index in [4.69, 9.17) is 25.5 Å². The molecule has 93 heavy (non-hydrogen) atoms. The zero-order chi connectivity index (χ0) is 65.8. The Kier molecular flexibility index (Phi) is 43.6. The fourth-order valence-corrected chi connectivity index (χ4v) is 9.75. The van der Waals surface area contributed by atoms with Gasteiger partial charge in [0.2, 0.25) is 35.7 Å². The summed E-state index contributed by atoms with van der Waals surface area (Å²) < 4.78 is 144. The first-order chi connectivity index (χ1) is 42.2. The molecule has 0 aliphatic carbocycles. The van der Waals surface area contributed by atoms with E-state index in [2.05, 4.69) is 56.5 Å². The molecular formula is C50H66N14Na4O21S4. The second-order valence-electron chi connectivity index (χ2n) is 17.8. The molecule has 0 unspecified atom stereocenters. The van der Waals surface area contributed by atoms with Crippen molar-refractivity contribution in [3.8, 4) is 0 Å². The fraction of sp³-hybridized carbons (Fsp3) is 0.360. The van der Waals surface area contributed by atoms with Gasteiger partial charge in [-0.25, -0.2) is 33.7 Å². The fourth-order valence-electron chi connectivity index (χ4n) is 7.42. The molecule has 0 saturated heterocycles. The summed E-state index contributed by atoms with van der Waals surface area (Å²) in [5.74, 6) is -1.12. The SMILES string of the molecule is O=S(=O)([O-])c1ccc(Nc2nc(Nc3ccc(/C=C/c4ccc(Nc5nc(Nc6ccc(S(=O)(=O)[O-])cc6)nc(N(CCO)CCO)n5)cc4S(=O)(=O)[O-])c(S(=O)(=O)[O-])c3)nc(N(CCO)CCO)n2)cc1.OCCN(CCO)CCO.OCCNCCO.[Na+].[Na+].[Na+].[Na+]. The molecule has 14 N–H and O–H groups in total. The summed E-state index contributed by atoms with van der Waals surface area (Å²) in [5.41, 5.74) is -0.253. The van der Waals surface area contributed by atoms with Crippen LogP contribution >= 0.6 is 0 Å². The molecule has 0 aliphatic heterocycles. The summed E-state index contributed by atoms with van der Waals surface area (Å²) in [7, 11) is -20.1. The first kappa shape index (κ1) is 89.6. The van der Waals surface area contributed by atoms with E-state index in [9.17, 15) is 72.3 Å². The third-order valence-electron chi connectivity index (χ3n) is 11.4.